The minimum atomic E-state index is -4.38. The molecule has 0 amide bonds. The molecule has 0 aliphatic heterocycles. The maximum absolute atomic E-state index is 13.0. The molecular formula is C22H21F3N8. The molecule has 170 valence electrons. The van der Waals surface area contributed by atoms with Crippen LogP contribution in [0.1, 0.15) is 28.2 Å². The fraction of sp³-hybridized carbons (Fsp3) is 0.227. The number of anilines is 3. The highest BCUT2D eigenvalue weighted by molar-refractivity contribution is 5.49. The molecule has 0 bridgehead atoms. The number of halogens is 3. The van der Waals surface area contributed by atoms with E-state index in [1.807, 2.05) is 19.1 Å². The summed E-state index contributed by atoms with van der Waals surface area (Å²) < 4.78 is 39.0. The van der Waals surface area contributed by atoms with Crippen molar-refractivity contribution >= 4 is 17.7 Å². The van der Waals surface area contributed by atoms with Gasteiger partial charge >= 0.3 is 6.18 Å². The van der Waals surface area contributed by atoms with Gasteiger partial charge in [-0.05, 0) is 36.6 Å². The fourth-order valence-electron chi connectivity index (χ4n) is 3.11. The Bertz CT molecular complexity index is 1210. The fourth-order valence-corrected chi connectivity index (χ4v) is 3.11. The van der Waals surface area contributed by atoms with Crippen LogP contribution in [-0.2, 0) is 25.6 Å². The Morgan fingerprint density at radius 2 is 1.76 bits per heavy atom. The number of aryl methyl sites for hydroxylation is 3. The molecule has 8 nitrogen and oxygen atoms in total. The summed E-state index contributed by atoms with van der Waals surface area (Å²) in [4.78, 5) is 17.3. The lowest BCUT2D eigenvalue weighted by molar-refractivity contribution is -0.137. The second kappa shape index (κ2) is 9.63. The Morgan fingerprint density at radius 3 is 2.48 bits per heavy atom. The van der Waals surface area contributed by atoms with Gasteiger partial charge in [0.15, 0.2) is 5.82 Å². The van der Waals surface area contributed by atoms with Gasteiger partial charge in [0.25, 0.3) is 0 Å². The zero-order valence-electron chi connectivity index (χ0n) is 17.7. The Hall–Kier alpha value is -4.02. The van der Waals surface area contributed by atoms with Crippen molar-refractivity contribution in [3.05, 3.63) is 83.1 Å². The summed E-state index contributed by atoms with van der Waals surface area (Å²) in [6, 6.07) is 10.8. The van der Waals surface area contributed by atoms with Crippen LogP contribution in [0.3, 0.4) is 0 Å². The first-order chi connectivity index (χ1) is 15.8. The Morgan fingerprint density at radius 1 is 0.939 bits per heavy atom. The lowest BCUT2D eigenvalue weighted by Gasteiger charge is -2.10. The van der Waals surface area contributed by atoms with Gasteiger partial charge in [0.2, 0.25) is 11.9 Å². The van der Waals surface area contributed by atoms with Crippen LogP contribution in [0, 0.1) is 6.92 Å². The summed E-state index contributed by atoms with van der Waals surface area (Å²) >= 11 is 0. The number of hydrogen-bond donors (Lipinski definition) is 3. The van der Waals surface area contributed by atoms with Gasteiger partial charge in [0, 0.05) is 37.1 Å². The lowest BCUT2D eigenvalue weighted by Crippen LogP contribution is -2.11. The molecule has 3 N–H and O–H groups in total. The maximum Gasteiger partial charge on any atom is 0.416 e. The van der Waals surface area contributed by atoms with Gasteiger partial charge in [-0.2, -0.15) is 33.2 Å². The van der Waals surface area contributed by atoms with E-state index in [0.717, 1.165) is 23.4 Å². The predicted molar refractivity (Wildman–Crippen MR) is 117 cm³/mol. The van der Waals surface area contributed by atoms with E-state index >= 15 is 0 Å². The molecule has 3 heterocycles. The highest BCUT2D eigenvalue weighted by atomic mass is 19.4. The third-order valence-electron chi connectivity index (χ3n) is 4.69. The lowest BCUT2D eigenvalue weighted by atomic mass is 10.1. The molecule has 1 aromatic carbocycles. The van der Waals surface area contributed by atoms with Gasteiger partial charge < -0.3 is 10.6 Å². The van der Waals surface area contributed by atoms with E-state index in [1.54, 1.807) is 24.5 Å². The molecule has 11 heteroatoms. The summed E-state index contributed by atoms with van der Waals surface area (Å²) in [5, 5.41) is 13.1. The van der Waals surface area contributed by atoms with Crippen LogP contribution >= 0.6 is 0 Å². The van der Waals surface area contributed by atoms with Crippen molar-refractivity contribution in [3.8, 4) is 0 Å². The third kappa shape index (κ3) is 6.25. The Labute approximate surface area is 187 Å². The molecule has 0 radical (unpaired) electrons. The molecule has 33 heavy (non-hydrogen) atoms. The van der Waals surface area contributed by atoms with Crippen molar-refractivity contribution in [2.45, 2.75) is 32.5 Å². The average molecular weight is 454 g/mol. The Balaban J connectivity index is 1.53. The van der Waals surface area contributed by atoms with Crippen LogP contribution in [0.5, 0.6) is 0 Å². The molecule has 0 saturated heterocycles. The van der Waals surface area contributed by atoms with Crippen molar-refractivity contribution in [3.63, 3.8) is 0 Å². The van der Waals surface area contributed by atoms with Gasteiger partial charge in [0.1, 0.15) is 5.82 Å². The number of hydrogen-bond acceptors (Lipinski definition) is 7. The number of aromatic amines is 1. The minimum Gasteiger partial charge on any atom is -0.350 e. The van der Waals surface area contributed by atoms with E-state index in [-0.39, 0.29) is 5.95 Å². The summed E-state index contributed by atoms with van der Waals surface area (Å²) in [5.74, 6) is 1.60. The van der Waals surface area contributed by atoms with E-state index in [9.17, 15) is 13.2 Å². The largest absolute Gasteiger partial charge is 0.416 e. The zero-order valence-corrected chi connectivity index (χ0v) is 17.7. The standard InChI is InChI=1S/C22H21F3N8/c1-14-10-19(33-32-14)30-21-29-18(8-7-15-4-2-6-17(11-15)22(23,24)25)28-20(31-21)27-13-16-5-3-9-26-12-16/h2-6,9-12H,7-8,13H2,1H3,(H3,27,28,29,30,31,32,33). The molecule has 0 atom stereocenters. The molecule has 0 spiro atoms. The molecule has 0 fully saturated rings. The number of pyridine rings is 1. The first-order valence-electron chi connectivity index (χ1n) is 10.2. The summed E-state index contributed by atoms with van der Waals surface area (Å²) in [5.41, 5.74) is 1.69. The number of H-pyrrole nitrogens is 1. The summed E-state index contributed by atoms with van der Waals surface area (Å²) in [6.07, 6.45) is -0.289. The highest BCUT2D eigenvalue weighted by Crippen LogP contribution is 2.29. The first kappa shape index (κ1) is 22.2. The van der Waals surface area contributed by atoms with Crippen molar-refractivity contribution < 1.29 is 13.2 Å². The SMILES string of the molecule is Cc1cc(Nc2nc(CCc3cccc(C(F)(F)F)c3)nc(NCc3cccnc3)n2)n[nH]1. The molecule has 0 unspecified atom stereocenters. The molecule has 0 aliphatic carbocycles. The number of nitrogens with zero attached hydrogens (tertiary/aromatic N) is 5. The third-order valence-corrected chi connectivity index (χ3v) is 4.69. The van der Waals surface area contributed by atoms with Crippen molar-refractivity contribution in [1.29, 1.82) is 0 Å². The molecule has 0 saturated carbocycles. The van der Waals surface area contributed by atoms with E-state index < -0.39 is 11.7 Å². The number of aromatic nitrogens is 6. The minimum absolute atomic E-state index is 0.282. The van der Waals surface area contributed by atoms with Crippen molar-refractivity contribution in [2.24, 2.45) is 0 Å². The molecule has 4 aromatic rings. The maximum atomic E-state index is 13.0. The molecule has 4 rings (SSSR count). The van der Waals surface area contributed by atoms with Crippen molar-refractivity contribution in [1.82, 2.24) is 30.1 Å². The van der Waals surface area contributed by atoms with Gasteiger partial charge in [-0.3, -0.25) is 10.1 Å². The average Bonchev–Trinajstić information content (AvgIpc) is 3.21. The van der Waals surface area contributed by atoms with Gasteiger partial charge in [-0.25, -0.2) is 0 Å². The monoisotopic (exact) mass is 454 g/mol. The Kier molecular flexibility index (Phi) is 6.48. The number of benzene rings is 1. The predicted octanol–water partition coefficient (Wildman–Crippen LogP) is 4.46. The van der Waals surface area contributed by atoms with Gasteiger partial charge in [-0.15, -0.1) is 0 Å². The highest BCUT2D eigenvalue weighted by Gasteiger charge is 2.30. The van der Waals surface area contributed by atoms with E-state index in [0.29, 0.717) is 42.5 Å². The van der Waals surface area contributed by atoms with Crippen LogP contribution in [0.15, 0.2) is 54.9 Å². The number of alkyl halides is 3. The number of rotatable bonds is 8. The van der Waals surface area contributed by atoms with Crippen LogP contribution in [-0.4, -0.2) is 30.1 Å². The van der Waals surface area contributed by atoms with Crippen LogP contribution < -0.4 is 10.6 Å². The molecule has 0 aliphatic rings. The number of nitrogens with one attached hydrogen (secondary N) is 3. The van der Waals surface area contributed by atoms with E-state index in [1.165, 1.54) is 6.07 Å². The van der Waals surface area contributed by atoms with Crippen LogP contribution in [0.4, 0.5) is 30.9 Å². The quantitative estimate of drug-likeness (QED) is 0.361. The topological polar surface area (TPSA) is 104 Å². The normalized spacial score (nSPS) is 11.4. The van der Waals surface area contributed by atoms with Gasteiger partial charge in [-0.1, -0.05) is 24.3 Å². The first-order valence-corrected chi connectivity index (χ1v) is 10.2. The second-order valence-corrected chi connectivity index (χ2v) is 7.37. The molecule has 3 aromatic heterocycles. The van der Waals surface area contributed by atoms with Crippen LogP contribution in [0.25, 0.3) is 0 Å². The summed E-state index contributed by atoms with van der Waals surface area (Å²) in [7, 11) is 0. The van der Waals surface area contributed by atoms with Crippen molar-refractivity contribution in [2.75, 3.05) is 10.6 Å². The van der Waals surface area contributed by atoms with E-state index in [4.69, 9.17) is 0 Å². The molecular weight excluding hydrogens is 433 g/mol. The van der Waals surface area contributed by atoms with Crippen LogP contribution in [0.2, 0.25) is 0 Å². The van der Waals surface area contributed by atoms with E-state index in [2.05, 4.69) is 40.8 Å². The second-order valence-electron chi connectivity index (χ2n) is 7.37. The zero-order chi connectivity index (χ0) is 23.3. The van der Waals surface area contributed by atoms with Gasteiger partial charge in [0.05, 0.1) is 5.56 Å². The summed E-state index contributed by atoms with van der Waals surface area (Å²) in [6.45, 7) is 2.32. The smallest absolute Gasteiger partial charge is 0.350 e.